The summed E-state index contributed by atoms with van der Waals surface area (Å²) >= 11 is 0. The van der Waals surface area contributed by atoms with Gasteiger partial charge in [-0.2, -0.15) is 0 Å². The zero-order valence-electron chi connectivity index (χ0n) is 35.8. The number of non-ortho nitro benzene ring substituents is 3. The molecule has 0 unspecified atom stereocenters. The van der Waals surface area contributed by atoms with Crippen molar-refractivity contribution in [2.24, 2.45) is 11.5 Å². The third-order valence-corrected chi connectivity index (χ3v) is 10.6. The maximum absolute atomic E-state index is 12.3. The maximum atomic E-state index is 12.3. The molecule has 0 bridgehead atoms. The molecule has 20 heteroatoms. The van der Waals surface area contributed by atoms with E-state index in [1.165, 1.54) is 68.3 Å². The number of carboxylic acids is 1. The highest BCUT2D eigenvalue weighted by molar-refractivity contribution is 5.83. The minimum atomic E-state index is -1.09. The lowest BCUT2D eigenvalue weighted by Gasteiger charge is -2.19. The molecule has 0 radical (unpaired) electrons. The number of nitro benzene ring substituents is 3. The van der Waals surface area contributed by atoms with Crippen molar-refractivity contribution in [2.75, 3.05) is 0 Å². The smallest absolute Gasteiger partial charge is 0.329 e. The van der Waals surface area contributed by atoms with Crippen molar-refractivity contribution in [3.8, 4) is 0 Å². The number of carbonyl (C=O) groups excluding carboxylic acids is 3. The Morgan fingerprint density at radius 2 is 0.922 bits per heavy atom. The Morgan fingerprint density at radius 3 is 1.23 bits per heavy atom. The number of amides is 1. The van der Waals surface area contributed by atoms with E-state index in [0.29, 0.717) is 12.0 Å². The number of hydrogen-bond donors (Lipinski definition) is 5. The first-order valence-electron chi connectivity index (χ1n) is 21.2. The molecule has 1 amide bonds. The molecule has 6 rings (SSSR count). The van der Waals surface area contributed by atoms with Crippen molar-refractivity contribution in [2.45, 2.75) is 140 Å². The highest BCUT2D eigenvalue weighted by Gasteiger charge is 2.27. The van der Waals surface area contributed by atoms with Crippen LogP contribution >= 0.6 is 0 Å². The maximum Gasteiger partial charge on any atom is 0.329 e. The van der Waals surface area contributed by atoms with Crippen molar-refractivity contribution in [1.29, 1.82) is 0 Å². The molecule has 3 atom stereocenters. The first-order chi connectivity index (χ1) is 30.4. The third-order valence-electron chi connectivity index (χ3n) is 10.6. The fourth-order valence-corrected chi connectivity index (χ4v) is 7.03. The van der Waals surface area contributed by atoms with Gasteiger partial charge in [-0.25, -0.2) is 4.79 Å². The topological polar surface area (TPSA) is 321 Å². The molecule has 20 nitrogen and oxygen atoms in total. The lowest BCUT2D eigenvalue weighted by molar-refractivity contribution is -0.385. The summed E-state index contributed by atoms with van der Waals surface area (Å²) in [6.45, 7) is 1.34. The number of nitrogens with zero attached hydrogens (tertiary/aromatic N) is 3. The van der Waals surface area contributed by atoms with Crippen LogP contribution in [0.1, 0.15) is 101 Å². The van der Waals surface area contributed by atoms with Gasteiger partial charge in [0.25, 0.3) is 17.1 Å². The van der Waals surface area contributed by atoms with Crippen molar-refractivity contribution in [1.82, 2.24) is 5.32 Å². The molecule has 0 spiro atoms. The van der Waals surface area contributed by atoms with Crippen molar-refractivity contribution in [3.63, 3.8) is 0 Å². The molecule has 0 aromatic heterocycles. The number of aliphatic hydroxyl groups excluding tert-OH is 1. The Hall–Kier alpha value is -6.38. The molecule has 348 valence electrons. The summed E-state index contributed by atoms with van der Waals surface area (Å²) in [5.74, 6) is -2.26. The first-order valence-corrected chi connectivity index (χ1v) is 21.2. The number of nitro groups is 3. The number of aliphatic carboxylic acids is 1. The Bertz CT molecular complexity index is 1980. The number of ether oxygens (including phenoxy) is 2. The van der Waals surface area contributed by atoms with Crippen LogP contribution in [0.4, 0.5) is 17.1 Å². The van der Waals surface area contributed by atoms with Gasteiger partial charge in [-0.3, -0.25) is 44.7 Å². The van der Waals surface area contributed by atoms with Gasteiger partial charge in [0.15, 0.2) is 0 Å². The first kappa shape index (κ1) is 52.0. The van der Waals surface area contributed by atoms with Gasteiger partial charge in [0.1, 0.15) is 30.3 Å². The number of rotatable bonds is 15. The zero-order chi connectivity index (χ0) is 47.2. The quantitative estimate of drug-likeness (QED) is 0.0709. The van der Waals surface area contributed by atoms with Crippen LogP contribution in [0.5, 0.6) is 0 Å². The van der Waals surface area contributed by atoms with Crippen LogP contribution < -0.4 is 16.8 Å². The second kappa shape index (κ2) is 26.9. The predicted octanol–water partition coefficient (Wildman–Crippen LogP) is 5.55. The Labute approximate surface area is 370 Å². The molecule has 3 fully saturated rings. The third kappa shape index (κ3) is 19.3. The minimum Gasteiger partial charge on any atom is -0.480 e. The van der Waals surface area contributed by atoms with E-state index in [1.807, 2.05) is 0 Å². The minimum absolute atomic E-state index is 0.00501. The number of nitrogens with one attached hydrogen (secondary N) is 1. The summed E-state index contributed by atoms with van der Waals surface area (Å²) in [5.41, 5.74) is 13.3. The average Bonchev–Trinajstić information content (AvgIpc) is 4.08. The van der Waals surface area contributed by atoms with Crippen LogP contribution in [0.2, 0.25) is 0 Å². The number of nitrogens with two attached hydrogens (primary N) is 2. The van der Waals surface area contributed by atoms with Crippen LogP contribution in [-0.4, -0.2) is 85.2 Å². The van der Waals surface area contributed by atoms with Crippen LogP contribution in [0.15, 0.2) is 72.8 Å². The average molecular weight is 895 g/mol. The van der Waals surface area contributed by atoms with Gasteiger partial charge in [0.2, 0.25) is 5.91 Å². The fourth-order valence-electron chi connectivity index (χ4n) is 7.03. The molecule has 3 aromatic rings. The molecule has 3 aliphatic carbocycles. The van der Waals surface area contributed by atoms with Gasteiger partial charge in [-0.05, 0) is 93.7 Å². The molecule has 0 saturated heterocycles. The van der Waals surface area contributed by atoms with Crippen LogP contribution in [0.3, 0.4) is 0 Å². The fraction of sp³-hybridized carbons (Fsp3) is 0.500. The van der Waals surface area contributed by atoms with E-state index in [9.17, 15) is 49.5 Å². The highest BCUT2D eigenvalue weighted by atomic mass is 16.6. The number of carboxylic acid groups (broad SMARTS) is 1. The Morgan fingerprint density at radius 1 is 0.594 bits per heavy atom. The highest BCUT2D eigenvalue weighted by Crippen LogP contribution is 2.23. The van der Waals surface area contributed by atoms with Crippen LogP contribution in [-0.2, 0) is 47.9 Å². The van der Waals surface area contributed by atoms with Gasteiger partial charge in [0, 0.05) is 49.7 Å². The number of aliphatic hydroxyl groups is 1. The van der Waals surface area contributed by atoms with E-state index in [1.54, 1.807) is 24.3 Å². The lowest BCUT2D eigenvalue weighted by atomic mass is 10.1. The van der Waals surface area contributed by atoms with E-state index in [-0.39, 0.29) is 54.1 Å². The van der Waals surface area contributed by atoms with Gasteiger partial charge < -0.3 is 36.5 Å². The molecular weight excluding hydrogens is 837 g/mol. The number of benzene rings is 3. The number of carbonyl (C=O) groups is 4. The van der Waals surface area contributed by atoms with Gasteiger partial charge in [0.05, 0.1) is 20.9 Å². The van der Waals surface area contributed by atoms with E-state index >= 15 is 0 Å². The summed E-state index contributed by atoms with van der Waals surface area (Å²) in [7, 11) is 0. The van der Waals surface area contributed by atoms with Crippen LogP contribution in [0, 0.1) is 30.3 Å². The summed E-state index contributed by atoms with van der Waals surface area (Å²) in [6.07, 6.45) is 13.1. The molecule has 0 heterocycles. The monoisotopic (exact) mass is 894 g/mol. The SMILES string of the molecule is CC(=O)N[C@@H](Cc1ccc([N+](=O)[O-])cc1)C(=O)OC1CCCC1.N[C@@H](Cc1ccc([N+](=O)[O-])cc1)C(=O)O.N[C@@H](Cc1ccc([N+](=O)[O-])cc1)C(=O)OC1CCCC1.OC1CCCC1. The predicted molar refractivity (Wildman–Crippen MR) is 233 cm³/mol. The largest absolute Gasteiger partial charge is 0.480 e. The molecule has 64 heavy (non-hydrogen) atoms. The van der Waals surface area contributed by atoms with Crippen molar-refractivity contribution < 1.29 is 53.6 Å². The van der Waals surface area contributed by atoms with E-state index in [0.717, 1.165) is 75.3 Å². The lowest BCUT2D eigenvalue weighted by Crippen LogP contribution is -2.43. The van der Waals surface area contributed by atoms with E-state index in [2.05, 4.69) is 5.32 Å². The number of hydrogen-bond acceptors (Lipinski definition) is 15. The summed E-state index contributed by atoms with van der Waals surface area (Å²) in [6, 6.07) is 15.1. The molecule has 3 aliphatic rings. The Balaban J connectivity index is 0.000000243. The number of esters is 2. The molecule has 3 saturated carbocycles. The molecule has 7 N–H and O–H groups in total. The Kier molecular flexibility index (Phi) is 21.9. The normalized spacial score (nSPS) is 16.2. The molecule has 0 aliphatic heterocycles. The summed E-state index contributed by atoms with van der Waals surface area (Å²) in [4.78, 5) is 75.9. The molecule has 3 aromatic carbocycles. The van der Waals surface area contributed by atoms with Crippen LogP contribution in [0.25, 0.3) is 0 Å². The van der Waals surface area contributed by atoms with Crippen molar-refractivity contribution in [3.05, 3.63) is 120 Å². The van der Waals surface area contributed by atoms with Gasteiger partial charge >= 0.3 is 17.9 Å². The van der Waals surface area contributed by atoms with Gasteiger partial charge in [-0.15, -0.1) is 0 Å². The molecular formula is C44H58N6O14. The van der Waals surface area contributed by atoms with Crippen molar-refractivity contribution >= 4 is 40.9 Å². The zero-order valence-corrected chi connectivity index (χ0v) is 35.8. The second-order valence-corrected chi connectivity index (χ2v) is 15.8. The summed E-state index contributed by atoms with van der Waals surface area (Å²) < 4.78 is 10.8. The van der Waals surface area contributed by atoms with E-state index < -0.39 is 50.8 Å². The standard InChI is InChI=1S/C16H20N2O5.C14H18N2O4.C9H10N2O4.C5H10O/c1-11(19)17-15(16(20)23-14-4-2-3-5-14)10-12-6-8-13(9-7-12)18(21)22;15-13(14(17)20-12-3-1-2-4-12)9-10-5-7-11(8-6-10)16(18)19;10-8(9(12)13)5-6-1-3-7(4-2-6)11(14)15;6-5-3-1-2-4-5/h6-9,14-15H,2-5,10H2,1H3,(H,17,19);5-8,12-13H,1-4,9,15H2;1-4,8H,5,10H2,(H,12,13);5-6H,1-4H2/t15-;13-;8-;/m000./s1. The summed E-state index contributed by atoms with van der Waals surface area (Å²) in [5, 5.41) is 51.4. The second-order valence-electron chi connectivity index (χ2n) is 15.8. The van der Waals surface area contributed by atoms with Gasteiger partial charge in [-0.1, -0.05) is 49.2 Å². The van der Waals surface area contributed by atoms with E-state index in [4.69, 9.17) is 31.2 Å².